The summed E-state index contributed by atoms with van der Waals surface area (Å²) in [6.07, 6.45) is -1.82. The van der Waals surface area contributed by atoms with Crippen LogP contribution in [0, 0.1) is 13.8 Å². The normalized spacial score (nSPS) is 10.8. The smallest absolute Gasteiger partial charge is 0.475 e. The molecule has 0 unspecified atom stereocenters. The van der Waals surface area contributed by atoms with Crippen LogP contribution in [0.2, 0.25) is 0 Å². The summed E-state index contributed by atoms with van der Waals surface area (Å²) in [6.45, 7) is 3.99. The molecule has 0 atom stereocenters. The molecule has 2 aromatic heterocycles. The number of hydrogen-bond donors (Lipinski definition) is 3. The summed E-state index contributed by atoms with van der Waals surface area (Å²) in [5.41, 5.74) is 9.34. The van der Waals surface area contributed by atoms with Crippen molar-refractivity contribution in [2.75, 3.05) is 11.1 Å². The summed E-state index contributed by atoms with van der Waals surface area (Å²) >= 11 is 1.16. The number of hydrogen-bond acceptors (Lipinski definition) is 6. The third kappa shape index (κ3) is 5.78. The fourth-order valence-corrected chi connectivity index (χ4v) is 2.63. The topological polar surface area (TPSA) is 123 Å². The Morgan fingerprint density at radius 3 is 2.17 bits per heavy atom. The third-order valence-corrected chi connectivity index (χ3v) is 4.47. The minimum Gasteiger partial charge on any atom is -0.475 e. The number of nitrogens with two attached hydrogens (primary N) is 1. The van der Waals surface area contributed by atoms with Gasteiger partial charge < -0.3 is 20.7 Å². The van der Waals surface area contributed by atoms with Gasteiger partial charge in [-0.15, -0.1) is 0 Å². The molecule has 0 aliphatic carbocycles. The number of halogens is 3. The van der Waals surface area contributed by atoms with Crippen LogP contribution in [0.15, 0.2) is 36.8 Å². The molecule has 12 heteroatoms. The molecule has 1 amide bonds. The van der Waals surface area contributed by atoms with Crippen molar-refractivity contribution in [2.45, 2.75) is 20.0 Å². The highest BCUT2D eigenvalue weighted by molar-refractivity contribution is 7.17. The van der Waals surface area contributed by atoms with Crippen molar-refractivity contribution in [1.29, 1.82) is 0 Å². The summed E-state index contributed by atoms with van der Waals surface area (Å²) in [6, 6.07) is 7.58. The second-order valence-corrected chi connectivity index (χ2v) is 6.71. The number of thiazole rings is 1. The minimum absolute atomic E-state index is 0.211. The van der Waals surface area contributed by atoms with Gasteiger partial charge in [0, 0.05) is 17.1 Å². The fourth-order valence-electron chi connectivity index (χ4n) is 2.05. The Hall–Kier alpha value is -3.41. The van der Waals surface area contributed by atoms with Gasteiger partial charge in [0.1, 0.15) is 4.88 Å². The highest BCUT2D eigenvalue weighted by Crippen LogP contribution is 2.19. The van der Waals surface area contributed by atoms with Crippen LogP contribution >= 0.6 is 11.3 Å². The van der Waals surface area contributed by atoms with Gasteiger partial charge in [0.2, 0.25) is 0 Å². The van der Waals surface area contributed by atoms with Crippen molar-refractivity contribution in [3.8, 4) is 5.69 Å². The molecule has 0 aliphatic heterocycles. The number of amides is 1. The van der Waals surface area contributed by atoms with E-state index in [4.69, 9.17) is 15.6 Å². The average Bonchev–Trinajstić information content (AvgIpc) is 3.22. The van der Waals surface area contributed by atoms with Crippen LogP contribution in [0.4, 0.5) is 24.0 Å². The Kier molecular flexibility index (Phi) is 6.59. The van der Waals surface area contributed by atoms with E-state index in [0.717, 1.165) is 34.1 Å². The van der Waals surface area contributed by atoms with Gasteiger partial charge in [-0.3, -0.25) is 4.79 Å². The third-order valence-electron chi connectivity index (χ3n) is 3.65. The Morgan fingerprint density at radius 1 is 1.17 bits per heavy atom. The lowest BCUT2D eigenvalue weighted by Crippen LogP contribution is -2.21. The molecule has 3 rings (SSSR count). The van der Waals surface area contributed by atoms with Gasteiger partial charge in [0.25, 0.3) is 5.91 Å². The van der Waals surface area contributed by atoms with Crippen molar-refractivity contribution in [2.24, 2.45) is 0 Å². The largest absolute Gasteiger partial charge is 0.490 e. The van der Waals surface area contributed by atoms with Gasteiger partial charge in [0.15, 0.2) is 5.13 Å². The predicted molar refractivity (Wildman–Crippen MR) is 101 cm³/mol. The Morgan fingerprint density at radius 2 is 1.76 bits per heavy atom. The molecule has 0 saturated heterocycles. The minimum atomic E-state index is -5.08. The van der Waals surface area contributed by atoms with Crippen molar-refractivity contribution >= 4 is 34.0 Å². The molecule has 0 saturated carbocycles. The van der Waals surface area contributed by atoms with Crippen molar-refractivity contribution < 1.29 is 27.9 Å². The number of carbonyl (C=O) groups excluding carboxylic acids is 1. The number of nitrogen functional groups attached to an aromatic ring is 1. The SMILES string of the molecule is Cc1ncn(-c2ccc(NC(=O)c3cnc(N)s3)cc2)c1C.O=C(O)C(F)(F)F. The number of aryl methyl sites for hydroxylation is 1. The molecule has 1 aromatic carbocycles. The van der Waals surface area contributed by atoms with Crippen LogP contribution in [0.1, 0.15) is 21.1 Å². The maximum atomic E-state index is 12.0. The number of benzene rings is 1. The quantitative estimate of drug-likeness (QED) is 0.589. The van der Waals surface area contributed by atoms with E-state index in [-0.39, 0.29) is 5.91 Å². The summed E-state index contributed by atoms with van der Waals surface area (Å²) in [4.78, 5) is 29.6. The lowest BCUT2D eigenvalue weighted by Gasteiger charge is -2.08. The number of carbonyl (C=O) groups is 2. The molecule has 0 bridgehead atoms. The standard InChI is InChI=1S/C15H15N5OS.C2HF3O2/c1-9-10(2)20(8-18-9)12-5-3-11(4-6-12)19-14(21)13-7-17-15(16)22-13;3-2(4,5)1(6)7/h3-8H,1-2H3,(H2,16,17)(H,19,21);(H,6,7). The zero-order chi connectivity index (χ0) is 21.8. The summed E-state index contributed by atoms with van der Waals surface area (Å²) in [5.74, 6) is -2.97. The number of rotatable bonds is 3. The maximum absolute atomic E-state index is 12.0. The molecule has 154 valence electrons. The zero-order valence-corrected chi connectivity index (χ0v) is 16.0. The van der Waals surface area contributed by atoms with Crippen LogP contribution in [-0.2, 0) is 4.79 Å². The van der Waals surface area contributed by atoms with Gasteiger partial charge in [0.05, 0.1) is 18.2 Å². The zero-order valence-electron chi connectivity index (χ0n) is 15.2. The highest BCUT2D eigenvalue weighted by atomic mass is 32.1. The maximum Gasteiger partial charge on any atom is 0.490 e. The molecular weight excluding hydrogens is 411 g/mol. The number of aliphatic carboxylic acids is 1. The summed E-state index contributed by atoms with van der Waals surface area (Å²) < 4.78 is 33.7. The van der Waals surface area contributed by atoms with Crippen LogP contribution < -0.4 is 11.1 Å². The van der Waals surface area contributed by atoms with Gasteiger partial charge in [-0.1, -0.05) is 11.3 Å². The Bertz CT molecular complexity index is 1010. The van der Waals surface area contributed by atoms with E-state index in [1.807, 2.05) is 42.7 Å². The number of imidazole rings is 1. The van der Waals surface area contributed by atoms with Gasteiger partial charge in [-0.2, -0.15) is 13.2 Å². The van der Waals surface area contributed by atoms with E-state index < -0.39 is 12.1 Å². The second-order valence-electron chi connectivity index (χ2n) is 5.65. The molecular formula is C17H16F3N5O3S. The van der Waals surface area contributed by atoms with Crippen LogP contribution in [-0.4, -0.2) is 37.7 Å². The lowest BCUT2D eigenvalue weighted by atomic mass is 10.2. The molecule has 0 radical (unpaired) electrons. The number of carboxylic acid groups (broad SMARTS) is 1. The highest BCUT2D eigenvalue weighted by Gasteiger charge is 2.38. The van der Waals surface area contributed by atoms with Crippen molar-refractivity contribution in [1.82, 2.24) is 14.5 Å². The summed E-state index contributed by atoms with van der Waals surface area (Å²) in [5, 5.41) is 10.3. The van der Waals surface area contributed by atoms with Gasteiger partial charge in [-0.05, 0) is 38.1 Å². The first-order valence-corrected chi connectivity index (χ1v) is 8.74. The first-order valence-electron chi connectivity index (χ1n) is 7.92. The number of alkyl halides is 3. The van der Waals surface area contributed by atoms with E-state index in [1.165, 1.54) is 6.20 Å². The van der Waals surface area contributed by atoms with Crippen LogP contribution in [0.25, 0.3) is 5.69 Å². The number of anilines is 2. The molecule has 0 aliphatic rings. The van der Waals surface area contributed by atoms with Crippen LogP contribution in [0.5, 0.6) is 0 Å². The average molecular weight is 427 g/mol. The van der Waals surface area contributed by atoms with Gasteiger partial charge in [-0.25, -0.2) is 14.8 Å². The van der Waals surface area contributed by atoms with E-state index in [9.17, 15) is 18.0 Å². The second kappa shape index (κ2) is 8.73. The van der Waals surface area contributed by atoms with Gasteiger partial charge >= 0.3 is 12.1 Å². The molecule has 0 fully saturated rings. The number of nitrogens with one attached hydrogen (secondary N) is 1. The Balaban J connectivity index is 0.000000370. The summed E-state index contributed by atoms with van der Waals surface area (Å²) in [7, 11) is 0. The van der Waals surface area contributed by atoms with E-state index in [2.05, 4.69) is 15.3 Å². The Labute approximate surface area is 166 Å². The molecule has 29 heavy (non-hydrogen) atoms. The fraction of sp³-hybridized carbons (Fsp3) is 0.176. The molecule has 4 N–H and O–H groups in total. The molecule has 0 spiro atoms. The van der Waals surface area contributed by atoms with Crippen molar-refractivity contribution in [3.63, 3.8) is 0 Å². The predicted octanol–water partition coefficient (Wildman–Crippen LogP) is 3.41. The first-order chi connectivity index (χ1) is 13.5. The van der Waals surface area contributed by atoms with Crippen LogP contribution in [0.3, 0.4) is 0 Å². The molecule has 2 heterocycles. The van der Waals surface area contributed by atoms with Crippen molar-refractivity contribution in [3.05, 3.63) is 53.1 Å². The molecule has 8 nitrogen and oxygen atoms in total. The number of nitrogens with zero attached hydrogens (tertiary/aromatic N) is 3. The van der Waals surface area contributed by atoms with E-state index >= 15 is 0 Å². The lowest BCUT2D eigenvalue weighted by molar-refractivity contribution is -0.192. The monoisotopic (exact) mass is 427 g/mol. The number of carboxylic acids is 1. The molecule has 3 aromatic rings. The van der Waals surface area contributed by atoms with E-state index in [1.54, 1.807) is 6.33 Å². The first kappa shape index (κ1) is 21.9. The van der Waals surface area contributed by atoms with E-state index in [0.29, 0.717) is 10.0 Å². The number of aromatic nitrogens is 3.